The first-order chi connectivity index (χ1) is 14.8. The van der Waals surface area contributed by atoms with Crippen molar-refractivity contribution in [2.24, 2.45) is 0 Å². The van der Waals surface area contributed by atoms with Gasteiger partial charge >= 0.3 is 5.97 Å². The lowest BCUT2D eigenvalue weighted by Crippen LogP contribution is -2.30. The average Bonchev–Trinajstić information content (AvgIpc) is 2.99. The molecule has 2 aromatic carbocycles. The van der Waals surface area contributed by atoms with Gasteiger partial charge in [0.15, 0.2) is 0 Å². The molecule has 0 unspecified atom stereocenters. The molecule has 6 nitrogen and oxygen atoms in total. The van der Waals surface area contributed by atoms with E-state index in [-0.39, 0.29) is 17.8 Å². The molecule has 162 valence electrons. The Labute approximate surface area is 196 Å². The van der Waals surface area contributed by atoms with Crippen LogP contribution in [0.15, 0.2) is 63.0 Å². The van der Waals surface area contributed by atoms with Crippen molar-refractivity contribution in [3.8, 4) is 0 Å². The Balaban J connectivity index is 1.96. The monoisotopic (exact) mass is 549 g/mol. The third-order valence-electron chi connectivity index (χ3n) is 5.13. The number of rotatable bonds is 8. The van der Waals surface area contributed by atoms with Gasteiger partial charge in [0.25, 0.3) is 11.7 Å². The number of carboxylic acids is 1. The average molecular weight is 551 g/mol. The third kappa shape index (κ3) is 5.43. The summed E-state index contributed by atoms with van der Waals surface area (Å²) in [7, 11) is 0. The van der Waals surface area contributed by atoms with Gasteiger partial charge in [0, 0.05) is 27.5 Å². The number of ketones is 1. The molecule has 0 aromatic heterocycles. The standard InChI is InChI=1S/C23H21Br2NO5/c24-16-9-5-14(6-10-16)20-19(21(29)15-7-11-17(25)12-8-15)22(30)23(31)26(20)13-3-1-2-4-18(27)28/h5-12,20,29H,1-4,13H2,(H,27,28)/b21-19+/t20-/m0/s1. The minimum Gasteiger partial charge on any atom is -0.507 e. The summed E-state index contributed by atoms with van der Waals surface area (Å²) in [5, 5.41) is 19.7. The Morgan fingerprint density at radius 3 is 2.03 bits per heavy atom. The molecule has 0 aliphatic carbocycles. The van der Waals surface area contributed by atoms with Crippen LogP contribution in [-0.4, -0.2) is 39.3 Å². The maximum atomic E-state index is 12.9. The zero-order valence-corrected chi connectivity index (χ0v) is 19.7. The first kappa shape index (κ1) is 23.2. The number of unbranched alkanes of at least 4 members (excludes halogenated alkanes) is 2. The minimum atomic E-state index is -0.857. The topological polar surface area (TPSA) is 94.9 Å². The molecule has 1 saturated heterocycles. The number of likely N-dealkylation sites (tertiary alicyclic amines) is 1. The van der Waals surface area contributed by atoms with Crippen LogP contribution in [0.4, 0.5) is 0 Å². The van der Waals surface area contributed by atoms with Gasteiger partial charge in [-0.05, 0) is 42.7 Å². The van der Waals surface area contributed by atoms with Crippen LogP contribution in [0.25, 0.3) is 5.76 Å². The van der Waals surface area contributed by atoms with Crippen LogP contribution < -0.4 is 0 Å². The second kappa shape index (κ2) is 10.2. The number of amides is 1. The van der Waals surface area contributed by atoms with Gasteiger partial charge in [-0.1, -0.05) is 62.5 Å². The highest BCUT2D eigenvalue weighted by atomic mass is 79.9. The van der Waals surface area contributed by atoms with Gasteiger partial charge in [0.2, 0.25) is 0 Å². The number of Topliss-reactive ketones (excluding diaryl/α,β-unsaturated/α-hetero) is 1. The molecule has 31 heavy (non-hydrogen) atoms. The van der Waals surface area contributed by atoms with Crippen LogP contribution in [0.1, 0.15) is 42.9 Å². The fourth-order valence-corrected chi connectivity index (χ4v) is 4.13. The molecule has 3 rings (SSSR count). The van der Waals surface area contributed by atoms with Gasteiger partial charge < -0.3 is 15.1 Å². The molecule has 0 radical (unpaired) electrons. The molecular weight excluding hydrogens is 530 g/mol. The Morgan fingerprint density at radius 1 is 0.871 bits per heavy atom. The summed E-state index contributed by atoms with van der Waals surface area (Å²) in [6, 6.07) is 13.4. The Hall–Kier alpha value is -2.45. The van der Waals surface area contributed by atoms with E-state index in [1.54, 1.807) is 24.3 Å². The Bertz CT molecular complexity index is 1020. The van der Waals surface area contributed by atoms with Gasteiger partial charge in [0.05, 0.1) is 11.6 Å². The number of nitrogens with zero attached hydrogens (tertiary/aromatic N) is 1. The molecule has 8 heteroatoms. The molecule has 2 aromatic rings. The lowest BCUT2D eigenvalue weighted by atomic mass is 9.95. The van der Waals surface area contributed by atoms with E-state index < -0.39 is 23.7 Å². The van der Waals surface area contributed by atoms with Crippen LogP contribution >= 0.6 is 31.9 Å². The maximum Gasteiger partial charge on any atom is 0.303 e. The van der Waals surface area contributed by atoms with E-state index >= 15 is 0 Å². The second-order valence-electron chi connectivity index (χ2n) is 7.26. The molecule has 0 saturated carbocycles. The van der Waals surface area contributed by atoms with Crippen molar-refractivity contribution in [3.05, 3.63) is 74.2 Å². The highest BCUT2D eigenvalue weighted by molar-refractivity contribution is 9.10. The highest BCUT2D eigenvalue weighted by Crippen LogP contribution is 2.40. The van der Waals surface area contributed by atoms with Crippen molar-refractivity contribution in [3.63, 3.8) is 0 Å². The van der Waals surface area contributed by atoms with Crippen molar-refractivity contribution in [2.45, 2.75) is 31.7 Å². The number of hydrogen-bond donors (Lipinski definition) is 2. The normalized spacial score (nSPS) is 17.9. The third-order valence-corrected chi connectivity index (χ3v) is 6.19. The molecule has 1 aliphatic heterocycles. The zero-order chi connectivity index (χ0) is 22.5. The SMILES string of the molecule is O=C(O)CCCCCN1C(=O)C(=O)/C(=C(/O)c2ccc(Br)cc2)[C@@H]1c1ccc(Br)cc1. The van der Waals surface area contributed by atoms with E-state index in [0.717, 1.165) is 8.95 Å². The number of aliphatic hydroxyl groups excluding tert-OH is 1. The number of benzene rings is 2. The molecule has 0 spiro atoms. The number of carbonyl (C=O) groups is 3. The van der Waals surface area contributed by atoms with E-state index in [9.17, 15) is 19.5 Å². The number of carbonyl (C=O) groups excluding carboxylic acids is 2. The molecule has 1 aliphatic rings. The first-order valence-electron chi connectivity index (χ1n) is 9.81. The summed E-state index contributed by atoms with van der Waals surface area (Å²) in [5.41, 5.74) is 1.22. The largest absolute Gasteiger partial charge is 0.507 e. The van der Waals surface area contributed by atoms with E-state index in [4.69, 9.17) is 5.11 Å². The predicted octanol–water partition coefficient (Wildman–Crippen LogP) is 5.28. The fourth-order valence-electron chi connectivity index (χ4n) is 3.60. The van der Waals surface area contributed by atoms with Crippen molar-refractivity contribution >= 4 is 55.3 Å². The van der Waals surface area contributed by atoms with Crippen LogP contribution in [0.2, 0.25) is 0 Å². The van der Waals surface area contributed by atoms with Crippen LogP contribution in [0, 0.1) is 0 Å². The van der Waals surface area contributed by atoms with Gasteiger partial charge in [0.1, 0.15) is 5.76 Å². The quantitative estimate of drug-likeness (QED) is 0.202. The van der Waals surface area contributed by atoms with Gasteiger partial charge in [-0.2, -0.15) is 0 Å². The maximum absolute atomic E-state index is 12.9. The fraction of sp³-hybridized carbons (Fsp3) is 0.261. The van der Waals surface area contributed by atoms with Crippen LogP contribution in [0.5, 0.6) is 0 Å². The molecule has 1 amide bonds. The minimum absolute atomic E-state index is 0.0557. The van der Waals surface area contributed by atoms with Crippen molar-refractivity contribution in [2.75, 3.05) is 6.54 Å². The summed E-state index contributed by atoms with van der Waals surface area (Å²) in [5.74, 6) is -2.46. The van der Waals surface area contributed by atoms with E-state index in [1.165, 1.54) is 4.90 Å². The lowest BCUT2D eigenvalue weighted by Gasteiger charge is -2.25. The van der Waals surface area contributed by atoms with E-state index in [2.05, 4.69) is 31.9 Å². The molecule has 1 atom stereocenters. The van der Waals surface area contributed by atoms with Gasteiger partial charge in [-0.15, -0.1) is 0 Å². The molecule has 1 fully saturated rings. The van der Waals surface area contributed by atoms with Gasteiger partial charge in [-0.3, -0.25) is 14.4 Å². The van der Waals surface area contributed by atoms with Gasteiger partial charge in [-0.25, -0.2) is 0 Å². The Morgan fingerprint density at radius 2 is 1.45 bits per heavy atom. The summed E-state index contributed by atoms with van der Waals surface area (Å²) < 4.78 is 1.69. The van der Waals surface area contributed by atoms with Crippen LogP contribution in [0.3, 0.4) is 0 Å². The van der Waals surface area contributed by atoms with E-state index in [0.29, 0.717) is 36.9 Å². The summed E-state index contributed by atoms with van der Waals surface area (Å²) >= 11 is 6.74. The smallest absolute Gasteiger partial charge is 0.303 e. The molecule has 0 bridgehead atoms. The first-order valence-corrected chi connectivity index (χ1v) is 11.4. The Kier molecular flexibility index (Phi) is 7.67. The number of aliphatic hydroxyl groups is 1. The zero-order valence-electron chi connectivity index (χ0n) is 16.6. The summed E-state index contributed by atoms with van der Waals surface area (Å²) in [6.45, 7) is 0.294. The predicted molar refractivity (Wildman–Crippen MR) is 123 cm³/mol. The second-order valence-corrected chi connectivity index (χ2v) is 9.09. The number of aliphatic carboxylic acids is 1. The van der Waals surface area contributed by atoms with Crippen molar-refractivity contribution in [1.29, 1.82) is 0 Å². The molecule has 1 heterocycles. The number of halogens is 2. The van der Waals surface area contributed by atoms with Crippen molar-refractivity contribution in [1.82, 2.24) is 4.90 Å². The lowest BCUT2D eigenvalue weighted by molar-refractivity contribution is -0.140. The summed E-state index contributed by atoms with van der Waals surface area (Å²) in [6.07, 6.45) is 1.75. The summed E-state index contributed by atoms with van der Waals surface area (Å²) in [4.78, 5) is 37.9. The number of carboxylic acid groups (broad SMARTS) is 1. The van der Waals surface area contributed by atoms with Crippen LogP contribution in [-0.2, 0) is 14.4 Å². The van der Waals surface area contributed by atoms with E-state index in [1.807, 2.05) is 24.3 Å². The highest BCUT2D eigenvalue weighted by Gasteiger charge is 2.45. The molecular formula is C23H21Br2NO5. The van der Waals surface area contributed by atoms with Crippen molar-refractivity contribution < 1.29 is 24.6 Å². The number of hydrogen-bond acceptors (Lipinski definition) is 4. The molecule has 2 N–H and O–H groups in total.